The first kappa shape index (κ1) is 16.5. The number of amides is 1. The van der Waals surface area contributed by atoms with Gasteiger partial charge in [0, 0.05) is 37.1 Å². The van der Waals surface area contributed by atoms with E-state index in [2.05, 4.69) is 28.4 Å². The zero-order chi connectivity index (χ0) is 17.6. The Morgan fingerprint density at radius 2 is 2.00 bits per heavy atom. The standard InChI is InChI=1S/C19H21N3OS2/c1-11(23)20-18-17(13-6-4-5-7-15(13)24-18)19-21-14-10-12(22(2)3)8-9-16(14)25-19/h8-10H,4-7H2,1-3H3,(H,20,23). The van der Waals surface area contributed by atoms with E-state index >= 15 is 0 Å². The summed E-state index contributed by atoms with van der Waals surface area (Å²) in [6.07, 6.45) is 4.65. The van der Waals surface area contributed by atoms with Crippen LogP contribution >= 0.6 is 22.7 Å². The first-order valence-corrected chi connectivity index (χ1v) is 10.2. The summed E-state index contributed by atoms with van der Waals surface area (Å²) in [5.41, 5.74) is 4.73. The summed E-state index contributed by atoms with van der Waals surface area (Å²) in [6.45, 7) is 1.57. The van der Waals surface area contributed by atoms with Crippen molar-refractivity contribution in [3.63, 3.8) is 0 Å². The van der Waals surface area contributed by atoms with Gasteiger partial charge in [-0.05, 0) is 49.4 Å². The van der Waals surface area contributed by atoms with Gasteiger partial charge in [-0.2, -0.15) is 0 Å². The minimum absolute atomic E-state index is 0.0177. The van der Waals surface area contributed by atoms with Crippen molar-refractivity contribution < 1.29 is 4.79 Å². The van der Waals surface area contributed by atoms with Crippen molar-refractivity contribution in [2.45, 2.75) is 32.6 Å². The number of aromatic nitrogens is 1. The highest BCUT2D eigenvalue weighted by molar-refractivity contribution is 7.23. The Morgan fingerprint density at radius 1 is 1.20 bits per heavy atom. The van der Waals surface area contributed by atoms with E-state index in [-0.39, 0.29) is 5.91 Å². The molecule has 3 aromatic rings. The average molecular weight is 372 g/mol. The predicted molar refractivity (Wildman–Crippen MR) is 108 cm³/mol. The fraction of sp³-hybridized carbons (Fsp3) is 0.368. The highest BCUT2D eigenvalue weighted by Gasteiger charge is 2.24. The molecule has 6 heteroatoms. The number of thiazole rings is 1. The van der Waals surface area contributed by atoms with Gasteiger partial charge in [-0.15, -0.1) is 22.7 Å². The lowest BCUT2D eigenvalue weighted by Crippen LogP contribution is -2.07. The van der Waals surface area contributed by atoms with Gasteiger partial charge in [-0.1, -0.05) is 0 Å². The second kappa shape index (κ2) is 6.42. The molecule has 25 heavy (non-hydrogen) atoms. The smallest absolute Gasteiger partial charge is 0.221 e. The molecular formula is C19H21N3OS2. The van der Waals surface area contributed by atoms with E-state index in [4.69, 9.17) is 4.98 Å². The van der Waals surface area contributed by atoms with Gasteiger partial charge in [0.25, 0.3) is 0 Å². The molecule has 4 rings (SSSR count). The average Bonchev–Trinajstić information content (AvgIpc) is 3.13. The van der Waals surface area contributed by atoms with Gasteiger partial charge in [-0.3, -0.25) is 4.79 Å². The quantitative estimate of drug-likeness (QED) is 0.710. The lowest BCUT2D eigenvalue weighted by atomic mass is 9.96. The number of benzene rings is 1. The lowest BCUT2D eigenvalue weighted by molar-refractivity contribution is -0.114. The van der Waals surface area contributed by atoms with Gasteiger partial charge in [0.15, 0.2) is 0 Å². The number of aryl methyl sites for hydroxylation is 1. The van der Waals surface area contributed by atoms with Gasteiger partial charge >= 0.3 is 0 Å². The van der Waals surface area contributed by atoms with E-state index < -0.39 is 0 Å². The molecule has 1 N–H and O–H groups in total. The van der Waals surface area contributed by atoms with Crippen LogP contribution in [0.4, 0.5) is 10.7 Å². The largest absolute Gasteiger partial charge is 0.378 e. The van der Waals surface area contributed by atoms with E-state index in [0.29, 0.717) is 0 Å². The van der Waals surface area contributed by atoms with Crippen LogP contribution in [0, 0.1) is 0 Å². The number of rotatable bonds is 3. The molecule has 0 bridgehead atoms. The Balaban J connectivity index is 1.86. The SMILES string of the molecule is CC(=O)Nc1sc2c(c1-c1nc3cc(N(C)C)ccc3s1)CCCC2. The summed E-state index contributed by atoms with van der Waals surface area (Å²) in [5.74, 6) is -0.0177. The van der Waals surface area contributed by atoms with Crippen LogP contribution in [-0.2, 0) is 17.6 Å². The molecule has 2 aromatic heterocycles. The molecule has 0 spiro atoms. The minimum atomic E-state index is -0.0177. The van der Waals surface area contributed by atoms with Crippen molar-refractivity contribution in [1.82, 2.24) is 4.98 Å². The number of hydrogen-bond donors (Lipinski definition) is 1. The molecule has 1 aliphatic rings. The zero-order valence-electron chi connectivity index (χ0n) is 14.7. The summed E-state index contributed by atoms with van der Waals surface area (Å²) in [7, 11) is 4.08. The molecule has 1 aromatic carbocycles. The van der Waals surface area contributed by atoms with E-state index in [9.17, 15) is 4.79 Å². The number of thiophene rings is 1. The topological polar surface area (TPSA) is 45.2 Å². The minimum Gasteiger partial charge on any atom is -0.378 e. The number of fused-ring (bicyclic) bond motifs is 2. The lowest BCUT2D eigenvalue weighted by Gasteiger charge is -2.11. The third-order valence-electron chi connectivity index (χ3n) is 4.56. The van der Waals surface area contributed by atoms with E-state index in [1.165, 1.54) is 28.0 Å². The fourth-order valence-electron chi connectivity index (χ4n) is 3.34. The number of anilines is 2. The summed E-state index contributed by atoms with van der Waals surface area (Å²) < 4.78 is 1.19. The highest BCUT2D eigenvalue weighted by Crippen LogP contribution is 2.46. The van der Waals surface area contributed by atoms with Crippen molar-refractivity contribution in [3.05, 3.63) is 28.6 Å². The number of carbonyl (C=O) groups is 1. The molecule has 1 aliphatic carbocycles. The van der Waals surface area contributed by atoms with Crippen LogP contribution in [0.25, 0.3) is 20.8 Å². The molecule has 0 aliphatic heterocycles. The summed E-state index contributed by atoms with van der Waals surface area (Å²) in [6, 6.07) is 6.40. The van der Waals surface area contributed by atoms with Crippen molar-refractivity contribution in [2.75, 3.05) is 24.3 Å². The van der Waals surface area contributed by atoms with Gasteiger partial charge < -0.3 is 10.2 Å². The van der Waals surface area contributed by atoms with Crippen molar-refractivity contribution >= 4 is 49.5 Å². The third-order valence-corrected chi connectivity index (χ3v) is 6.82. The first-order chi connectivity index (χ1) is 12.0. The van der Waals surface area contributed by atoms with Crippen LogP contribution in [0.15, 0.2) is 18.2 Å². The van der Waals surface area contributed by atoms with E-state index in [0.717, 1.165) is 39.6 Å². The van der Waals surface area contributed by atoms with E-state index in [1.807, 2.05) is 14.1 Å². The maximum atomic E-state index is 11.7. The first-order valence-electron chi connectivity index (χ1n) is 8.53. The van der Waals surface area contributed by atoms with E-state index in [1.54, 1.807) is 29.6 Å². The maximum Gasteiger partial charge on any atom is 0.221 e. The van der Waals surface area contributed by atoms with Crippen LogP contribution in [-0.4, -0.2) is 25.0 Å². The number of nitrogens with one attached hydrogen (secondary N) is 1. The van der Waals surface area contributed by atoms with Crippen molar-refractivity contribution in [1.29, 1.82) is 0 Å². The Morgan fingerprint density at radius 3 is 2.76 bits per heavy atom. The van der Waals surface area contributed by atoms with Crippen LogP contribution in [0.2, 0.25) is 0 Å². The van der Waals surface area contributed by atoms with Gasteiger partial charge in [-0.25, -0.2) is 4.98 Å². The van der Waals surface area contributed by atoms with Crippen LogP contribution in [0.3, 0.4) is 0 Å². The molecule has 2 heterocycles. The molecule has 4 nitrogen and oxygen atoms in total. The molecule has 1 amide bonds. The Bertz CT molecular complexity index is 955. The summed E-state index contributed by atoms with van der Waals surface area (Å²) in [4.78, 5) is 20.1. The van der Waals surface area contributed by atoms with Crippen LogP contribution < -0.4 is 10.2 Å². The number of carbonyl (C=O) groups excluding carboxylic acids is 1. The molecule has 0 radical (unpaired) electrons. The molecule has 0 saturated carbocycles. The summed E-state index contributed by atoms with van der Waals surface area (Å²) >= 11 is 3.44. The van der Waals surface area contributed by atoms with Crippen LogP contribution in [0.5, 0.6) is 0 Å². The summed E-state index contributed by atoms with van der Waals surface area (Å²) in [5, 5.41) is 5.03. The molecule has 0 saturated heterocycles. The van der Waals surface area contributed by atoms with Crippen LogP contribution in [0.1, 0.15) is 30.2 Å². The second-order valence-electron chi connectivity index (χ2n) is 6.66. The van der Waals surface area contributed by atoms with Gasteiger partial charge in [0.05, 0.1) is 10.2 Å². The monoisotopic (exact) mass is 371 g/mol. The highest BCUT2D eigenvalue weighted by atomic mass is 32.1. The molecule has 130 valence electrons. The van der Waals surface area contributed by atoms with Crippen molar-refractivity contribution in [2.24, 2.45) is 0 Å². The third kappa shape index (κ3) is 3.04. The van der Waals surface area contributed by atoms with Gasteiger partial charge in [0.1, 0.15) is 10.0 Å². The molecule has 0 atom stereocenters. The zero-order valence-corrected chi connectivity index (χ0v) is 16.3. The normalized spacial score (nSPS) is 13.7. The number of nitrogens with zero attached hydrogens (tertiary/aromatic N) is 2. The Kier molecular flexibility index (Phi) is 4.25. The fourth-order valence-corrected chi connectivity index (χ4v) is 5.77. The Hall–Kier alpha value is -1.92. The molecule has 0 unspecified atom stereocenters. The number of hydrogen-bond acceptors (Lipinski definition) is 5. The van der Waals surface area contributed by atoms with Gasteiger partial charge in [0.2, 0.25) is 5.91 Å². The Labute approximate surface area is 155 Å². The molecule has 0 fully saturated rings. The maximum absolute atomic E-state index is 11.7. The molecular weight excluding hydrogens is 350 g/mol. The second-order valence-corrected chi connectivity index (χ2v) is 8.80. The van der Waals surface area contributed by atoms with Crippen molar-refractivity contribution in [3.8, 4) is 10.6 Å². The predicted octanol–water partition coefficient (Wildman–Crippen LogP) is 4.93.